The van der Waals surface area contributed by atoms with Crippen LogP contribution >= 0.6 is 0 Å². The summed E-state index contributed by atoms with van der Waals surface area (Å²) in [6.07, 6.45) is -6.06. The van der Waals surface area contributed by atoms with Crippen molar-refractivity contribution >= 4 is 33.4 Å². The van der Waals surface area contributed by atoms with Gasteiger partial charge in [0.2, 0.25) is 10.0 Å². The van der Waals surface area contributed by atoms with Crippen molar-refractivity contribution in [3.63, 3.8) is 0 Å². The van der Waals surface area contributed by atoms with Crippen molar-refractivity contribution in [3.8, 4) is 0 Å². The molecule has 0 aliphatic carbocycles. The number of ether oxygens (including phenoxy) is 2. The fourth-order valence-corrected chi connectivity index (χ4v) is 4.62. The number of alkyl halides is 3. The minimum Gasteiger partial charge on any atom is -0.443 e. The van der Waals surface area contributed by atoms with Crippen LogP contribution in [0.4, 0.5) is 29.3 Å². The molecule has 2 fully saturated rings. The molecule has 0 radical (unpaired) electrons. The summed E-state index contributed by atoms with van der Waals surface area (Å²) in [6.45, 7) is 0.654. The number of morpholine rings is 1. The van der Waals surface area contributed by atoms with Crippen LogP contribution in [0.2, 0.25) is 0 Å². The first-order valence-electron chi connectivity index (χ1n) is 10.2. The second-order valence-electron chi connectivity index (χ2n) is 7.60. The van der Waals surface area contributed by atoms with E-state index in [0.717, 1.165) is 12.1 Å². The highest BCUT2D eigenvalue weighted by molar-refractivity contribution is 7.89. The van der Waals surface area contributed by atoms with Gasteiger partial charge in [-0.05, 0) is 48.5 Å². The van der Waals surface area contributed by atoms with E-state index in [1.165, 1.54) is 4.90 Å². The zero-order valence-corrected chi connectivity index (χ0v) is 18.4. The van der Waals surface area contributed by atoms with Crippen LogP contribution in [0, 0.1) is 0 Å². The van der Waals surface area contributed by atoms with E-state index in [9.17, 15) is 31.2 Å². The lowest BCUT2D eigenvalue weighted by Crippen LogP contribution is -2.41. The van der Waals surface area contributed by atoms with E-state index in [1.807, 2.05) is 0 Å². The highest BCUT2D eigenvalue weighted by atomic mass is 32.2. The molecule has 0 aromatic heterocycles. The van der Waals surface area contributed by atoms with Crippen LogP contribution in [0.5, 0.6) is 0 Å². The van der Waals surface area contributed by atoms with E-state index in [1.54, 1.807) is 29.2 Å². The molecule has 2 aliphatic rings. The number of carbonyl (C=O) groups is 2. The van der Waals surface area contributed by atoms with Crippen LogP contribution in [0.1, 0.15) is 5.56 Å². The molecule has 2 heterocycles. The quantitative estimate of drug-likeness (QED) is 0.655. The summed E-state index contributed by atoms with van der Waals surface area (Å²) < 4.78 is 75.4. The molecule has 1 atom stereocenters. The lowest BCUT2D eigenvalue weighted by molar-refractivity contribution is -0.137. The Morgan fingerprint density at radius 1 is 0.971 bits per heavy atom. The van der Waals surface area contributed by atoms with Gasteiger partial charge < -0.3 is 14.4 Å². The van der Waals surface area contributed by atoms with E-state index < -0.39 is 34.0 Å². The Morgan fingerprint density at radius 2 is 1.59 bits per heavy atom. The number of rotatable bonds is 6. The summed E-state index contributed by atoms with van der Waals surface area (Å²) in [5, 5.41) is 0. The van der Waals surface area contributed by atoms with Crippen molar-refractivity contribution < 1.29 is 40.7 Å². The second kappa shape index (κ2) is 9.24. The fourth-order valence-electron chi connectivity index (χ4n) is 3.55. The van der Waals surface area contributed by atoms with Gasteiger partial charge in [0.15, 0.2) is 0 Å². The zero-order valence-electron chi connectivity index (χ0n) is 17.6. The van der Waals surface area contributed by atoms with Crippen molar-refractivity contribution in [2.75, 3.05) is 42.6 Å². The SMILES string of the molecule is O=C1COCCN1c1ccc(N2C[C@H](CNS(=O)(=O)c3ccc(C(F)(F)F)cc3)OC2=O)cc1. The number of cyclic esters (lactones) is 1. The molecule has 2 amide bonds. The summed E-state index contributed by atoms with van der Waals surface area (Å²) in [6, 6.07) is 9.75. The lowest BCUT2D eigenvalue weighted by atomic mass is 10.2. The van der Waals surface area contributed by atoms with Crippen LogP contribution in [-0.2, 0) is 30.5 Å². The highest BCUT2D eigenvalue weighted by Crippen LogP contribution is 2.30. The maximum absolute atomic E-state index is 12.7. The minimum atomic E-state index is -4.58. The average molecular weight is 499 g/mol. The first kappa shape index (κ1) is 24.0. The van der Waals surface area contributed by atoms with Gasteiger partial charge in [0.25, 0.3) is 5.91 Å². The lowest BCUT2D eigenvalue weighted by Gasteiger charge is -2.27. The third-order valence-corrected chi connectivity index (χ3v) is 6.77. The molecule has 9 nitrogen and oxygen atoms in total. The van der Waals surface area contributed by atoms with Gasteiger partial charge in [0.05, 0.1) is 23.6 Å². The number of benzene rings is 2. The first-order valence-corrected chi connectivity index (χ1v) is 11.7. The van der Waals surface area contributed by atoms with Gasteiger partial charge in [0.1, 0.15) is 12.7 Å². The van der Waals surface area contributed by atoms with Crippen LogP contribution in [-0.4, -0.2) is 59.4 Å². The highest BCUT2D eigenvalue weighted by Gasteiger charge is 2.34. The molecular weight excluding hydrogens is 479 g/mol. The molecule has 2 aromatic rings. The summed E-state index contributed by atoms with van der Waals surface area (Å²) >= 11 is 0. The number of hydrogen-bond donors (Lipinski definition) is 1. The number of amides is 2. The van der Waals surface area contributed by atoms with Crippen molar-refractivity contribution in [2.45, 2.75) is 17.2 Å². The molecule has 2 aliphatic heterocycles. The number of nitrogens with zero attached hydrogens (tertiary/aromatic N) is 2. The Morgan fingerprint density at radius 3 is 2.18 bits per heavy atom. The molecule has 0 saturated carbocycles. The Labute approximate surface area is 193 Å². The maximum Gasteiger partial charge on any atom is 0.416 e. The molecule has 0 unspecified atom stereocenters. The van der Waals surface area contributed by atoms with Gasteiger partial charge in [-0.2, -0.15) is 13.2 Å². The molecule has 4 rings (SSSR count). The standard InChI is InChI=1S/C21H20F3N3O6S/c22-21(23,24)14-1-7-18(8-2-14)34(30,31)25-11-17-12-27(20(29)33-17)16-5-3-15(4-6-16)26-9-10-32-13-19(26)28/h1-8,17,25H,9-13H2/t17-/m0/s1. The summed E-state index contributed by atoms with van der Waals surface area (Å²) in [5.74, 6) is -0.167. The Hall–Kier alpha value is -3.16. The van der Waals surface area contributed by atoms with E-state index in [-0.39, 0.29) is 30.5 Å². The van der Waals surface area contributed by atoms with Crippen LogP contribution in [0.3, 0.4) is 0 Å². The van der Waals surface area contributed by atoms with Crippen LogP contribution in [0.25, 0.3) is 0 Å². The Kier molecular flexibility index (Phi) is 6.51. The van der Waals surface area contributed by atoms with Crippen molar-refractivity contribution in [1.29, 1.82) is 0 Å². The molecule has 1 N–H and O–H groups in total. The van der Waals surface area contributed by atoms with Crippen molar-refractivity contribution in [1.82, 2.24) is 4.72 Å². The van der Waals surface area contributed by atoms with Crippen LogP contribution < -0.4 is 14.5 Å². The number of nitrogens with one attached hydrogen (secondary N) is 1. The average Bonchev–Trinajstić information content (AvgIpc) is 3.18. The minimum absolute atomic E-state index is 0.00423. The van der Waals surface area contributed by atoms with E-state index >= 15 is 0 Å². The van der Waals surface area contributed by atoms with E-state index in [0.29, 0.717) is 36.7 Å². The summed E-state index contributed by atoms with van der Waals surface area (Å²) in [5.41, 5.74) is 0.198. The molecule has 182 valence electrons. The number of anilines is 2. The smallest absolute Gasteiger partial charge is 0.416 e. The molecular formula is C21H20F3N3O6S. The maximum atomic E-state index is 12.7. The summed E-state index contributed by atoms with van der Waals surface area (Å²) in [7, 11) is -4.11. The molecule has 2 saturated heterocycles. The van der Waals surface area contributed by atoms with Gasteiger partial charge in [-0.15, -0.1) is 0 Å². The van der Waals surface area contributed by atoms with Gasteiger partial charge in [0, 0.05) is 24.5 Å². The molecule has 13 heteroatoms. The third kappa shape index (κ3) is 5.16. The molecule has 2 aromatic carbocycles. The Bertz CT molecular complexity index is 1170. The molecule has 0 spiro atoms. The third-order valence-electron chi connectivity index (χ3n) is 5.33. The number of halogens is 3. The second-order valence-corrected chi connectivity index (χ2v) is 9.37. The van der Waals surface area contributed by atoms with E-state index in [2.05, 4.69) is 4.72 Å². The molecule has 34 heavy (non-hydrogen) atoms. The number of carbonyl (C=O) groups excluding carboxylic acids is 2. The Balaban J connectivity index is 1.37. The van der Waals surface area contributed by atoms with Gasteiger partial charge in [-0.3, -0.25) is 9.69 Å². The van der Waals surface area contributed by atoms with Gasteiger partial charge >= 0.3 is 12.3 Å². The largest absolute Gasteiger partial charge is 0.443 e. The van der Waals surface area contributed by atoms with Crippen molar-refractivity contribution in [3.05, 3.63) is 54.1 Å². The predicted molar refractivity (Wildman–Crippen MR) is 114 cm³/mol. The number of hydrogen-bond acceptors (Lipinski definition) is 6. The first-order chi connectivity index (χ1) is 16.0. The van der Waals surface area contributed by atoms with Crippen LogP contribution in [0.15, 0.2) is 53.4 Å². The topological polar surface area (TPSA) is 105 Å². The fraction of sp³-hybridized carbons (Fsp3) is 0.333. The van der Waals surface area contributed by atoms with E-state index in [4.69, 9.17) is 9.47 Å². The van der Waals surface area contributed by atoms with Gasteiger partial charge in [-0.25, -0.2) is 17.9 Å². The molecule has 0 bridgehead atoms. The number of sulfonamides is 1. The van der Waals surface area contributed by atoms with Crippen molar-refractivity contribution in [2.24, 2.45) is 0 Å². The monoisotopic (exact) mass is 499 g/mol. The van der Waals surface area contributed by atoms with Gasteiger partial charge in [-0.1, -0.05) is 0 Å². The normalized spacial score (nSPS) is 19.4. The predicted octanol–water partition coefficient (Wildman–Crippen LogP) is 2.37. The zero-order chi connectivity index (χ0) is 24.5. The summed E-state index contributed by atoms with van der Waals surface area (Å²) in [4.78, 5) is 26.8.